The Morgan fingerprint density at radius 3 is 3.06 bits per heavy atom. The van der Waals surface area contributed by atoms with E-state index in [1.165, 1.54) is 20.1 Å². The summed E-state index contributed by atoms with van der Waals surface area (Å²) in [4.78, 5) is 14.8. The number of aromatic nitrogens is 1. The standard InChI is InChI=1S/C12H15FN2O3/c1-7(16)18-9-4-11(14-6-9)10-3-8(13)5-15-12(10)17-2/h3,5,9,11,14H,4,6H2,1-2H3. The fourth-order valence-electron chi connectivity index (χ4n) is 2.13. The molecule has 1 saturated heterocycles. The Balaban J connectivity index is 2.13. The molecule has 2 unspecified atom stereocenters. The summed E-state index contributed by atoms with van der Waals surface area (Å²) in [6.07, 6.45) is 1.50. The first kappa shape index (κ1) is 12.8. The van der Waals surface area contributed by atoms with Gasteiger partial charge in [0.25, 0.3) is 0 Å². The van der Waals surface area contributed by atoms with E-state index in [9.17, 15) is 9.18 Å². The molecule has 0 amide bonds. The predicted molar refractivity (Wildman–Crippen MR) is 61.7 cm³/mol. The number of methoxy groups -OCH3 is 1. The summed E-state index contributed by atoms with van der Waals surface area (Å²) in [5.74, 6) is -0.340. The molecular formula is C12H15FN2O3. The molecule has 1 aromatic rings. The Kier molecular flexibility index (Phi) is 3.76. The average Bonchev–Trinajstić information content (AvgIpc) is 2.76. The van der Waals surface area contributed by atoms with Crippen molar-refractivity contribution in [3.05, 3.63) is 23.6 Å². The molecule has 98 valence electrons. The maximum atomic E-state index is 13.2. The molecule has 1 aliphatic rings. The van der Waals surface area contributed by atoms with Crippen molar-refractivity contribution in [1.82, 2.24) is 10.3 Å². The lowest BCUT2D eigenvalue weighted by molar-refractivity contribution is -0.145. The smallest absolute Gasteiger partial charge is 0.302 e. The van der Waals surface area contributed by atoms with Crippen molar-refractivity contribution in [2.24, 2.45) is 0 Å². The first-order valence-electron chi connectivity index (χ1n) is 5.70. The molecule has 1 aliphatic heterocycles. The largest absolute Gasteiger partial charge is 0.481 e. The number of halogens is 1. The molecular weight excluding hydrogens is 239 g/mol. The first-order chi connectivity index (χ1) is 8.60. The Labute approximate surface area is 104 Å². The number of carbonyl (C=O) groups excluding carboxylic acids is 1. The van der Waals surface area contributed by atoms with Crippen LogP contribution in [0.2, 0.25) is 0 Å². The summed E-state index contributed by atoms with van der Waals surface area (Å²) >= 11 is 0. The summed E-state index contributed by atoms with van der Waals surface area (Å²) in [7, 11) is 1.49. The molecule has 0 aliphatic carbocycles. The minimum atomic E-state index is -0.413. The van der Waals surface area contributed by atoms with Gasteiger partial charge in [0, 0.05) is 31.5 Å². The minimum Gasteiger partial charge on any atom is -0.481 e. The third-order valence-corrected chi connectivity index (χ3v) is 2.84. The molecule has 18 heavy (non-hydrogen) atoms. The number of ether oxygens (including phenoxy) is 2. The van der Waals surface area contributed by atoms with Gasteiger partial charge in [-0.05, 0) is 6.07 Å². The van der Waals surface area contributed by atoms with Gasteiger partial charge in [0.2, 0.25) is 5.88 Å². The SMILES string of the molecule is COc1ncc(F)cc1C1CC(OC(C)=O)CN1. The minimum absolute atomic E-state index is 0.118. The lowest BCUT2D eigenvalue weighted by Gasteiger charge is -2.14. The van der Waals surface area contributed by atoms with Gasteiger partial charge in [-0.25, -0.2) is 9.37 Å². The third kappa shape index (κ3) is 2.76. The number of carbonyl (C=O) groups is 1. The van der Waals surface area contributed by atoms with Gasteiger partial charge in [0.05, 0.1) is 13.3 Å². The van der Waals surface area contributed by atoms with E-state index in [0.717, 1.165) is 6.20 Å². The summed E-state index contributed by atoms with van der Waals surface area (Å²) in [5.41, 5.74) is 0.646. The van der Waals surface area contributed by atoms with Crippen molar-refractivity contribution in [1.29, 1.82) is 0 Å². The van der Waals surface area contributed by atoms with Crippen molar-refractivity contribution < 1.29 is 18.7 Å². The Morgan fingerprint density at radius 2 is 2.39 bits per heavy atom. The molecule has 6 heteroatoms. The van der Waals surface area contributed by atoms with Gasteiger partial charge in [-0.2, -0.15) is 0 Å². The molecule has 0 bridgehead atoms. The second-order valence-corrected chi connectivity index (χ2v) is 4.18. The highest BCUT2D eigenvalue weighted by molar-refractivity contribution is 5.66. The van der Waals surface area contributed by atoms with E-state index in [-0.39, 0.29) is 18.1 Å². The van der Waals surface area contributed by atoms with Crippen LogP contribution in [-0.4, -0.2) is 30.7 Å². The number of hydrogen-bond donors (Lipinski definition) is 1. The Morgan fingerprint density at radius 1 is 1.61 bits per heavy atom. The van der Waals surface area contributed by atoms with Gasteiger partial charge in [0.1, 0.15) is 11.9 Å². The van der Waals surface area contributed by atoms with E-state index >= 15 is 0 Å². The highest BCUT2D eigenvalue weighted by atomic mass is 19.1. The maximum Gasteiger partial charge on any atom is 0.302 e. The van der Waals surface area contributed by atoms with Crippen LogP contribution in [-0.2, 0) is 9.53 Å². The predicted octanol–water partition coefficient (Wildman–Crippen LogP) is 1.20. The van der Waals surface area contributed by atoms with Crippen LogP contribution in [0, 0.1) is 5.82 Å². The van der Waals surface area contributed by atoms with Crippen LogP contribution < -0.4 is 10.1 Å². The van der Waals surface area contributed by atoms with E-state index in [0.29, 0.717) is 24.4 Å². The van der Waals surface area contributed by atoms with E-state index in [1.54, 1.807) is 0 Å². The Bertz CT molecular complexity index is 453. The van der Waals surface area contributed by atoms with E-state index in [1.807, 2.05) is 0 Å². The van der Waals surface area contributed by atoms with Crippen molar-refractivity contribution in [2.75, 3.05) is 13.7 Å². The molecule has 0 radical (unpaired) electrons. The molecule has 1 fully saturated rings. The van der Waals surface area contributed by atoms with Crippen LogP contribution in [0.1, 0.15) is 24.9 Å². The normalized spacial score (nSPS) is 22.8. The van der Waals surface area contributed by atoms with Crippen molar-refractivity contribution in [2.45, 2.75) is 25.5 Å². The average molecular weight is 254 g/mol. The third-order valence-electron chi connectivity index (χ3n) is 2.84. The van der Waals surface area contributed by atoms with Gasteiger partial charge < -0.3 is 14.8 Å². The quantitative estimate of drug-likeness (QED) is 0.821. The Hall–Kier alpha value is -1.69. The summed E-state index contributed by atoms with van der Waals surface area (Å²) in [6.45, 7) is 1.92. The summed E-state index contributed by atoms with van der Waals surface area (Å²) < 4.78 is 23.4. The van der Waals surface area contributed by atoms with Crippen LogP contribution >= 0.6 is 0 Å². The van der Waals surface area contributed by atoms with E-state index in [4.69, 9.17) is 9.47 Å². The topological polar surface area (TPSA) is 60.5 Å². The zero-order valence-electron chi connectivity index (χ0n) is 10.3. The van der Waals surface area contributed by atoms with Gasteiger partial charge in [-0.3, -0.25) is 4.79 Å². The maximum absolute atomic E-state index is 13.2. The van der Waals surface area contributed by atoms with Crippen LogP contribution in [0.4, 0.5) is 4.39 Å². The number of nitrogens with zero attached hydrogens (tertiary/aromatic N) is 1. The molecule has 0 aromatic carbocycles. The molecule has 2 rings (SSSR count). The van der Waals surface area contributed by atoms with Crippen LogP contribution in [0.5, 0.6) is 5.88 Å². The number of hydrogen-bond acceptors (Lipinski definition) is 5. The van der Waals surface area contributed by atoms with E-state index < -0.39 is 5.82 Å². The van der Waals surface area contributed by atoms with Crippen LogP contribution in [0.3, 0.4) is 0 Å². The molecule has 2 heterocycles. The molecule has 0 saturated carbocycles. The molecule has 5 nitrogen and oxygen atoms in total. The zero-order chi connectivity index (χ0) is 13.1. The monoisotopic (exact) mass is 254 g/mol. The summed E-state index contributed by atoms with van der Waals surface area (Å²) in [6, 6.07) is 1.27. The van der Waals surface area contributed by atoms with E-state index in [2.05, 4.69) is 10.3 Å². The highest BCUT2D eigenvalue weighted by Gasteiger charge is 2.29. The molecule has 0 spiro atoms. The molecule has 1 aromatic heterocycles. The second-order valence-electron chi connectivity index (χ2n) is 4.18. The number of nitrogens with one attached hydrogen (secondary N) is 1. The van der Waals surface area contributed by atoms with Crippen LogP contribution in [0.15, 0.2) is 12.3 Å². The molecule has 1 N–H and O–H groups in total. The van der Waals surface area contributed by atoms with Crippen molar-refractivity contribution in [3.8, 4) is 5.88 Å². The van der Waals surface area contributed by atoms with Crippen molar-refractivity contribution >= 4 is 5.97 Å². The van der Waals surface area contributed by atoms with Crippen molar-refractivity contribution in [3.63, 3.8) is 0 Å². The summed E-state index contributed by atoms with van der Waals surface area (Å²) in [5, 5.41) is 3.17. The lowest BCUT2D eigenvalue weighted by atomic mass is 10.1. The zero-order valence-corrected chi connectivity index (χ0v) is 10.3. The number of pyridine rings is 1. The number of esters is 1. The van der Waals surface area contributed by atoms with Gasteiger partial charge in [-0.15, -0.1) is 0 Å². The second kappa shape index (κ2) is 5.30. The fourth-order valence-corrected chi connectivity index (χ4v) is 2.13. The van der Waals surface area contributed by atoms with Gasteiger partial charge in [0.15, 0.2) is 0 Å². The van der Waals surface area contributed by atoms with Gasteiger partial charge >= 0.3 is 5.97 Å². The molecule has 2 atom stereocenters. The lowest BCUT2D eigenvalue weighted by Crippen LogP contribution is -2.19. The van der Waals surface area contributed by atoms with Gasteiger partial charge in [-0.1, -0.05) is 0 Å². The fraction of sp³-hybridized carbons (Fsp3) is 0.500. The van der Waals surface area contributed by atoms with Crippen LogP contribution in [0.25, 0.3) is 0 Å². The highest BCUT2D eigenvalue weighted by Crippen LogP contribution is 2.30. The first-order valence-corrected chi connectivity index (χ1v) is 5.70. The number of rotatable bonds is 3.